The fourth-order valence-corrected chi connectivity index (χ4v) is 3.53. The lowest BCUT2D eigenvalue weighted by molar-refractivity contribution is -0.144. The molecular weight excluding hydrogens is 318 g/mol. The van der Waals surface area contributed by atoms with E-state index in [0.717, 1.165) is 21.8 Å². The lowest BCUT2D eigenvalue weighted by Crippen LogP contribution is -2.53. The molecule has 1 heterocycles. The Labute approximate surface area is 146 Å². The number of rotatable bonds is 5. The minimum absolute atomic E-state index is 0.193. The van der Waals surface area contributed by atoms with Gasteiger partial charge in [-0.15, -0.1) is 0 Å². The Morgan fingerprint density at radius 2 is 1.92 bits per heavy atom. The van der Waals surface area contributed by atoms with Crippen molar-refractivity contribution in [2.24, 2.45) is 5.92 Å². The van der Waals surface area contributed by atoms with Crippen molar-refractivity contribution < 1.29 is 20.2 Å². The van der Waals surface area contributed by atoms with Crippen molar-refractivity contribution in [2.75, 3.05) is 5.06 Å². The third kappa shape index (κ3) is 3.29. The number of hydrogen-bond donors (Lipinski definition) is 3. The van der Waals surface area contributed by atoms with Crippen molar-refractivity contribution in [2.45, 2.75) is 25.0 Å². The van der Waals surface area contributed by atoms with Crippen molar-refractivity contribution in [1.29, 1.82) is 0 Å². The Morgan fingerprint density at radius 3 is 2.64 bits per heavy atom. The van der Waals surface area contributed by atoms with Crippen LogP contribution in [0.25, 0.3) is 6.08 Å². The second-order valence-corrected chi connectivity index (χ2v) is 6.29. The number of carbonyl (C=O) groups is 1. The molecule has 2 aromatic carbocycles. The first-order chi connectivity index (χ1) is 12.0. The molecule has 2 aromatic rings. The summed E-state index contributed by atoms with van der Waals surface area (Å²) in [7, 11) is 0. The van der Waals surface area contributed by atoms with E-state index in [-0.39, 0.29) is 6.42 Å². The van der Waals surface area contributed by atoms with E-state index in [0.29, 0.717) is 12.1 Å². The molecule has 1 aliphatic heterocycles. The molecule has 5 nitrogen and oxygen atoms in total. The number of anilines is 1. The molecule has 5 heteroatoms. The summed E-state index contributed by atoms with van der Waals surface area (Å²) in [5, 5.41) is 31.8. The minimum Gasteiger partial charge on any atom is -0.481 e. The van der Waals surface area contributed by atoms with Gasteiger partial charge in [-0.05, 0) is 29.2 Å². The van der Waals surface area contributed by atoms with Gasteiger partial charge >= 0.3 is 5.97 Å². The quantitative estimate of drug-likeness (QED) is 0.780. The maximum Gasteiger partial charge on any atom is 0.309 e. The number of benzene rings is 2. The average Bonchev–Trinajstić information content (AvgIpc) is 2.61. The molecule has 0 radical (unpaired) electrons. The molecule has 3 N–H and O–H groups in total. The van der Waals surface area contributed by atoms with Gasteiger partial charge in [0.05, 0.1) is 23.8 Å². The number of aliphatic hydroxyl groups excluding tert-OH is 1. The summed E-state index contributed by atoms with van der Waals surface area (Å²) in [6.07, 6.45) is 1.21. The summed E-state index contributed by atoms with van der Waals surface area (Å²) in [6.45, 7) is 3.76. The molecule has 0 aliphatic carbocycles. The van der Waals surface area contributed by atoms with Crippen LogP contribution >= 0.6 is 0 Å². The number of carboxylic acid groups (broad SMARTS) is 1. The number of aliphatic carboxylic acids is 1. The van der Waals surface area contributed by atoms with E-state index in [4.69, 9.17) is 0 Å². The predicted octanol–water partition coefficient (Wildman–Crippen LogP) is 2.75. The topological polar surface area (TPSA) is 81.0 Å². The van der Waals surface area contributed by atoms with Crippen molar-refractivity contribution in [1.82, 2.24) is 0 Å². The molecule has 0 saturated carbocycles. The Hall–Kier alpha value is -2.63. The fraction of sp³-hybridized carbons (Fsp3) is 0.250. The van der Waals surface area contributed by atoms with Gasteiger partial charge < -0.3 is 10.2 Å². The van der Waals surface area contributed by atoms with Crippen LogP contribution in [0.4, 0.5) is 5.69 Å². The van der Waals surface area contributed by atoms with Gasteiger partial charge in [-0.2, -0.15) is 0 Å². The van der Waals surface area contributed by atoms with E-state index < -0.39 is 24.0 Å². The van der Waals surface area contributed by atoms with Crippen LogP contribution in [-0.4, -0.2) is 33.5 Å². The maximum atomic E-state index is 11.9. The zero-order valence-electron chi connectivity index (χ0n) is 13.7. The van der Waals surface area contributed by atoms with Gasteiger partial charge in [0, 0.05) is 6.42 Å². The SMILES string of the molecule is C=Cc1ccccc1CC(C(=O)O)C1C(O)Cc2ccccc2N1O. The second kappa shape index (κ2) is 7.09. The summed E-state index contributed by atoms with van der Waals surface area (Å²) in [5.41, 5.74) is 3.01. The first kappa shape index (κ1) is 17.2. The van der Waals surface area contributed by atoms with Crippen molar-refractivity contribution in [3.05, 3.63) is 71.8 Å². The van der Waals surface area contributed by atoms with Crippen LogP contribution in [0.1, 0.15) is 16.7 Å². The molecule has 1 aliphatic rings. The molecule has 0 spiro atoms. The van der Waals surface area contributed by atoms with Crippen LogP contribution in [0.3, 0.4) is 0 Å². The summed E-state index contributed by atoms with van der Waals surface area (Å²) in [5.74, 6) is -2.02. The van der Waals surface area contributed by atoms with Crippen molar-refractivity contribution in [3.8, 4) is 0 Å². The number of fused-ring (bicyclic) bond motifs is 1. The van der Waals surface area contributed by atoms with Gasteiger partial charge in [0.2, 0.25) is 0 Å². The Bertz CT molecular complexity index is 789. The highest BCUT2D eigenvalue weighted by atomic mass is 16.5. The minimum atomic E-state index is -1.05. The number of hydroxylamine groups is 1. The van der Waals surface area contributed by atoms with Crippen LogP contribution in [0.2, 0.25) is 0 Å². The van der Waals surface area contributed by atoms with Crippen LogP contribution in [0.5, 0.6) is 0 Å². The van der Waals surface area contributed by atoms with Gasteiger partial charge in [-0.3, -0.25) is 15.1 Å². The average molecular weight is 339 g/mol. The van der Waals surface area contributed by atoms with Gasteiger partial charge in [0.15, 0.2) is 0 Å². The molecular formula is C20H21NO4. The van der Waals surface area contributed by atoms with Crippen molar-refractivity contribution >= 4 is 17.7 Å². The summed E-state index contributed by atoms with van der Waals surface area (Å²) < 4.78 is 0. The van der Waals surface area contributed by atoms with Crippen LogP contribution in [0.15, 0.2) is 55.1 Å². The third-order valence-electron chi connectivity index (χ3n) is 4.79. The van der Waals surface area contributed by atoms with E-state index in [2.05, 4.69) is 6.58 Å². The van der Waals surface area contributed by atoms with Crippen molar-refractivity contribution in [3.63, 3.8) is 0 Å². The number of para-hydroxylation sites is 1. The van der Waals surface area contributed by atoms with E-state index in [1.54, 1.807) is 18.2 Å². The molecule has 0 fully saturated rings. The Morgan fingerprint density at radius 1 is 1.24 bits per heavy atom. The normalized spacial score (nSPS) is 20.6. The monoisotopic (exact) mass is 339 g/mol. The molecule has 0 amide bonds. The summed E-state index contributed by atoms with van der Waals surface area (Å²) in [6, 6.07) is 13.6. The fourth-order valence-electron chi connectivity index (χ4n) is 3.53. The summed E-state index contributed by atoms with van der Waals surface area (Å²) >= 11 is 0. The van der Waals surface area contributed by atoms with Crippen LogP contribution < -0.4 is 5.06 Å². The van der Waals surface area contributed by atoms with E-state index in [9.17, 15) is 20.2 Å². The van der Waals surface area contributed by atoms with Gasteiger partial charge in [-0.25, -0.2) is 0 Å². The number of aliphatic hydroxyl groups is 1. The highest BCUT2D eigenvalue weighted by Gasteiger charge is 2.41. The lowest BCUT2D eigenvalue weighted by Gasteiger charge is -2.40. The van der Waals surface area contributed by atoms with Gasteiger partial charge in [0.25, 0.3) is 0 Å². The van der Waals surface area contributed by atoms with Crippen LogP contribution in [0, 0.1) is 5.92 Å². The molecule has 0 saturated heterocycles. The zero-order chi connectivity index (χ0) is 18.0. The highest BCUT2D eigenvalue weighted by molar-refractivity contribution is 5.73. The van der Waals surface area contributed by atoms with Crippen LogP contribution in [-0.2, 0) is 17.6 Å². The van der Waals surface area contributed by atoms with E-state index in [1.165, 1.54) is 0 Å². The van der Waals surface area contributed by atoms with E-state index in [1.807, 2.05) is 36.4 Å². The molecule has 3 rings (SSSR count). The summed E-state index contributed by atoms with van der Waals surface area (Å²) in [4.78, 5) is 11.9. The van der Waals surface area contributed by atoms with Gasteiger partial charge in [-0.1, -0.05) is 55.1 Å². The Balaban J connectivity index is 1.95. The number of carboxylic acids is 1. The molecule has 3 atom stereocenters. The standard InChI is InChI=1S/C20H21NO4/c1-2-13-7-3-4-8-14(13)11-16(20(23)24)19-18(22)12-15-9-5-6-10-17(15)21(19)25/h2-10,16,18-19,22,25H,1,11-12H2,(H,23,24). The van der Waals surface area contributed by atoms with Gasteiger partial charge in [0.1, 0.15) is 0 Å². The second-order valence-electron chi connectivity index (χ2n) is 6.29. The smallest absolute Gasteiger partial charge is 0.309 e. The molecule has 130 valence electrons. The Kier molecular flexibility index (Phi) is 4.88. The molecule has 0 bridgehead atoms. The molecule has 0 aromatic heterocycles. The zero-order valence-corrected chi connectivity index (χ0v) is 13.7. The van der Waals surface area contributed by atoms with E-state index >= 15 is 0 Å². The number of hydrogen-bond acceptors (Lipinski definition) is 4. The first-order valence-electron chi connectivity index (χ1n) is 8.20. The first-order valence-corrected chi connectivity index (χ1v) is 8.20. The molecule has 3 unspecified atom stereocenters. The lowest BCUT2D eigenvalue weighted by atomic mass is 9.82. The maximum absolute atomic E-state index is 11.9. The third-order valence-corrected chi connectivity index (χ3v) is 4.79. The number of nitrogens with zero attached hydrogens (tertiary/aromatic N) is 1. The largest absolute Gasteiger partial charge is 0.481 e. The predicted molar refractivity (Wildman–Crippen MR) is 95.6 cm³/mol. The highest BCUT2D eigenvalue weighted by Crippen LogP contribution is 2.34. The molecule has 25 heavy (non-hydrogen) atoms.